The molecule has 1 aromatic rings. The standard InChI is InChI=1S/C14H21NO.ClH/c1-3-8-15-13-6-4-11-5-7-14(16-2)10-12(11)9-13;/h5,7,10,13,15H,3-4,6,8-9H2,1-2H3;1H/t13-;/m1./s1. The van der Waals surface area contributed by atoms with Gasteiger partial charge in [-0.3, -0.25) is 0 Å². The van der Waals surface area contributed by atoms with Crippen molar-refractivity contribution in [3.05, 3.63) is 29.3 Å². The molecular weight excluding hydrogens is 234 g/mol. The van der Waals surface area contributed by atoms with Crippen molar-refractivity contribution in [2.45, 2.75) is 38.6 Å². The lowest BCUT2D eigenvalue weighted by Gasteiger charge is -2.25. The Morgan fingerprint density at radius 2 is 2.18 bits per heavy atom. The monoisotopic (exact) mass is 255 g/mol. The number of aryl methyl sites for hydroxylation is 1. The van der Waals surface area contributed by atoms with E-state index in [2.05, 4.69) is 30.4 Å². The second-order valence-corrected chi connectivity index (χ2v) is 4.53. The van der Waals surface area contributed by atoms with Gasteiger partial charge in [-0.15, -0.1) is 12.4 Å². The molecule has 0 fully saturated rings. The molecular formula is C14H22ClNO. The van der Waals surface area contributed by atoms with E-state index in [4.69, 9.17) is 4.74 Å². The van der Waals surface area contributed by atoms with Crippen LogP contribution in [0.3, 0.4) is 0 Å². The van der Waals surface area contributed by atoms with Gasteiger partial charge in [0.05, 0.1) is 7.11 Å². The molecule has 0 aliphatic heterocycles. The van der Waals surface area contributed by atoms with Crippen molar-refractivity contribution in [2.75, 3.05) is 13.7 Å². The molecule has 17 heavy (non-hydrogen) atoms. The summed E-state index contributed by atoms with van der Waals surface area (Å²) in [5.74, 6) is 0.981. The SMILES string of the molecule is CCCN[C@@H]1CCc2ccc(OC)cc2C1.Cl. The first-order valence-electron chi connectivity index (χ1n) is 6.22. The summed E-state index contributed by atoms with van der Waals surface area (Å²) in [5.41, 5.74) is 2.95. The number of nitrogens with one attached hydrogen (secondary N) is 1. The van der Waals surface area contributed by atoms with E-state index in [1.54, 1.807) is 7.11 Å². The van der Waals surface area contributed by atoms with Gasteiger partial charge in [0.25, 0.3) is 0 Å². The van der Waals surface area contributed by atoms with Gasteiger partial charge >= 0.3 is 0 Å². The summed E-state index contributed by atoms with van der Waals surface area (Å²) in [6, 6.07) is 7.12. The van der Waals surface area contributed by atoms with Gasteiger partial charge in [-0.2, -0.15) is 0 Å². The molecule has 0 aromatic heterocycles. The lowest BCUT2D eigenvalue weighted by atomic mass is 9.88. The van der Waals surface area contributed by atoms with E-state index in [0.717, 1.165) is 18.7 Å². The highest BCUT2D eigenvalue weighted by atomic mass is 35.5. The number of benzene rings is 1. The van der Waals surface area contributed by atoms with Crippen molar-refractivity contribution in [3.8, 4) is 5.75 Å². The maximum absolute atomic E-state index is 5.28. The van der Waals surface area contributed by atoms with Crippen molar-refractivity contribution >= 4 is 12.4 Å². The van der Waals surface area contributed by atoms with Crippen molar-refractivity contribution < 1.29 is 4.74 Å². The van der Waals surface area contributed by atoms with E-state index >= 15 is 0 Å². The van der Waals surface area contributed by atoms with Gasteiger partial charge < -0.3 is 10.1 Å². The Hall–Kier alpha value is -0.730. The van der Waals surface area contributed by atoms with Crippen molar-refractivity contribution in [1.82, 2.24) is 5.32 Å². The topological polar surface area (TPSA) is 21.3 Å². The highest BCUT2D eigenvalue weighted by Crippen LogP contribution is 2.25. The number of methoxy groups -OCH3 is 1. The summed E-state index contributed by atoms with van der Waals surface area (Å²) in [5, 5.41) is 3.61. The number of hydrogen-bond acceptors (Lipinski definition) is 2. The molecule has 2 rings (SSSR count). The molecule has 0 spiro atoms. The van der Waals surface area contributed by atoms with Crippen LogP contribution in [-0.2, 0) is 12.8 Å². The Bertz CT molecular complexity index is 354. The Balaban J connectivity index is 0.00000144. The van der Waals surface area contributed by atoms with Crippen LogP contribution in [0.15, 0.2) is 18.2 Å². The predicted molar refractivity (Wildman–Crippen MR) is 74.3 cm³/mol. The second kappa shape index (κ2) is 6.87. The maximum atomic E-state index is 5.28. The number of ether oxygens (including phenoxy) is 1. The summed E-state index contributed by atoms with van der Waals surface area (Å²) in [7, 11) is 1.73. The van der Waals surface area contributed by atoms with Crippen LogP contribution in [0.4, 0.5) is 0 Å². The average molecular weight is 256 g/mol. The van der Waals surface area contributed by atoms with Crippen LogP contribution in [0.25, 0.3) is 0 Å². The summed E-state index contributed by atoms with van der Waals surface area (Å²) in [4.78, 5) is 0. The minimum atomic E-state index is 0. The summed E-state index contributed by atoms with van der Waals surface area (Å²) < 4.78 is 5.28. The molecule has 0 bridgehead atoms. The van der Waals surface area contributed by atoms with E-state index in [9.17, 15) is 0 Å². The number of fused-ring (bicyclic) bond motifs is 1. The fourth-order valence-electron chi connectivity index (χ4n) is 2.38. The quantitative estimate of drug-likeness (QED) is 0.893. The van der Waals surface area contributed by atoms with Crippen LogP contribution in [0.1, 0.15) is 30.9 Å². The number of rotatable bonds is 4. The molecule has 0 saturated carbocycles. The third kappa shape index (κ3) is 3.62. The molecule has 0 radical (unpaired) electrons. The molecule has 3 heteroatoms. The first-order valence-corrected chi connectivity index (χ1v) is 6.22. The molecule has 1 aliphatic carbocycles. The zero-order valence-corrected chi connectivity index (χ0v) is 11.5. The first-order chi connectivity index (χ1) is 7.83. The van der Waals surface area contributed by atoms with Crippen LogP contribution in [0.2, 0.25) is 0 Å². The van der Waals surface area contributed by atoms with Crippen molar-refractivity contribution in [1.29, 1.82) is 0 Å². The zero-order chi connectivity index (χ0) is 11.4. The number of hydrogen-bond donors (Lipinski definition) is 1. The largest absolute Gasteiger partial charge is 0.497 e. The zero-order valence-electron chi connectivity index (χ0n) is 10.7. The molecule has 0 saturated heterocycles. The van der Waals surface area contributed by atoms with E-state index < -0.39 is 0 Å². The van der Waals surface area contributed by atoms with E-state index in [-0.39, 0.29) is 12.4 Å². The van der Waals surface area contributed by atoms with Gasteiger partial charge in [-0.05, 0) is 55.5 Å². The van der Waals surface area contributed by atoms with E-state index in [0.29, 0.717) is 6.04 Å². The minimum Gasteiger partial charge on any atom is -0.497 e. The van der Waals surface area contributed by atoms with Crippen LogP contribution >= 0.6 is 12.4 Å². The average Bonchev–Trinajstić information content (AvgIpc) is 2.35. The predicted octanol–water partition coefficient (Wildman–Crippen LogP) is 2.97. The number of halogens is 1. The first kappa shape index (κ1) is 14.3. The van der Waals surface area contributed by atoms with Gasteiger partial charge in [-0.1, -0.05) is 13.0 Å². The normalized spacial score (nSPS) is 18.1. The summed E-state index contributed by atoms with van der Waals surface area (Å²) in [6.45, 7) is 3.34. The molecule has 2 nitrogen and oxygen atoms in total. The van der Waals surface area contributed by atoms with Gasteiger partial charge in [0.2, 0.25) is 0 Å². The van der Waals surface area contributed by atoms with E-state index in [1.807, 2.05) is 0 Å². The minimum absolute atomic E-state index is 0. The molecule has 1 atom stereocenters. The molecule has 0 unspecified atom stereocenters. The summed E-state index contributed by atoms with van der Waals surface area (Å²) in [6.07, 6.45) is 4.81. The lowest BCUT2D eigenvalue weighted by molar-refractivity contribution is 0.411. The third-order valence-electron chi connectivity index (χ3n) is 3.32. The Labute approximate surface area is 110 Å². The Morgan fingerprint density at radius 3 is 2.88 bits per heavy atom. The molecule has 1 aliphatic rings. The van der Waals surface area contributed by atoms with Crippen LogP contribution < -0.4 is 10.1 Å². The second-order valence-electron chi connectivity index (χ2n) is 4.53. The molecule has 0 amide bonds. The van der Waals surface area contributed by atoms with Gasteiger partial charge in [0.1, 0.15) is 5.75 Å². The fraction of sp³-hybridized carbons (Fsp3) is 0.571. The highest BCUT2D eigenvalue weighted by Gasteiger charge is 2.18. The van der Waals surface area contributed by atoms with Gasteiger partial charge in [-0.25, -0.2) is 0 Å². The summed E-state index contributed by atoms with van der Waals surface area (Å²) >= 11 is 0. The fourth-order valence-corrected chi connectivity index (χ4v) is 2.38. The van der Waals surface area contributed by atoms with Crippen molar-refractivity contribution in [3.63, 3.8) is 0 Å². The van der Waals surface area contributed by atoms with Crippen LogP contribution in [0, 0.1) is 0 Å². The van der Waals surface area contributed by atoms with Gasteiger partial charge in [0.15, 0.2) is 0 Å². The molecule has 1 N–H and O–H groups in total. The third-order valence-corrected chi connectivity index (χ3v) is 3.32. The molecule has 1 aromatic carbocycles. The smallest absolute Gasteiger partial charge is 0.119 e. The van der Waals surface area contributed by atoms with Crippen LogP contribution in [0.5, 0.6) is 5.75 Å². The molecule has 96 valence electrons. The van der Waals surface area contributed by atoms with Gasteiger partial charge in [0, 0.05) is 6.04 Å². The maximum Gasteiger partial charge on any atom is 0.119 e. The van der Waals surface area contributed by atoms with Crippen LogP contribution in [-0.4, -0.2) is 19.7 Å². The van der Waals surface area contributed by atoms with E-state index in [1.165, 1.54) is 30.4 Å². The van der Waals surface area contributed by atoms with Crippen molar-refractivity contribution in [2.24, 2.45) is 0 Å². The Morgan fingerprint density at radius 1 is 1.35 bits per heavy atom. The highest BCUT2D eigenvalue weighted by molar-refractivity contribution is 5.85. The molecule has 0 heterocycles. The Kier molecular flexibility index (Phi) is 5.79. The lowest BCUT2D eigenvalue weighted by Crippen LogP contribution is -2.34.